The van der Waals surface area contributed by atoms with Gasteiger partial charge >= 0.3 is 0 Å². The molecule has 0 aliphatic heterocycles. The van der Waals surface area contributed by atoms with E-state index in [9.17, 15) is 10.1 Å². The molecule has 0 aromatic carbocycles. The van der Waals surface area contributed by atoms with Crippen molar-refractivity contribution >= 4 is 0 Å². The first kappa shape index (κ1) is 11.2. The summed E-state index contributed by atoms with van der Waals surface area (Å²) in [6, 6.07) is 0. The van der Waals surface area contributed by atoms with E-state index in [1.807, 2.05) is 13.8 Å². The largest absolute Gasteiger partial charge is 0.310 e. The summed E-state index contributed by atoms with van der Waals surface area (Å²) in [5, 5.41) is 9.37. The quantitative estimate of drug-likeness (QED) is 0.460. The molecule has 0 amide bonds. The predicted molar refractivity (Wildman–Crippen MR) is 46.2 cm³/mol. The third kappa shape index (κ3) is 4.16. The first-order valence-corrected chi connectivity index (χ1v) is 4.42. The van der Waals surface area contributed by atoms with Gasteiger partial charge < -0.3 is 4.84 Å². The van der Waals surface area contributed by atoms with Crippen LogP contribution in [-0.2, 0) is 4.84 Å². The number of hydrogen-bond donors (Lipinski definition) is 0. The van der Waals surface area contributed by atoms with Crippen molar-refractivity contribution < 1.29 is 9.92 Å². The SMILES string of the molecule is CCC[C@H](C)[C@@H](CC)O[N+](=O)[O-]. The predicted octanol–water partition coefficient (Wildman–Crippen LogP) is 2.41. The van der Waals surface area contributed by atoms with Gasteiger partial charge in [0.05, 0.1) is 0 Å². The molecule has 0 aliphatic rings. The normalized spacial score (nSPS) is 15.2. The van der Waals surface area contributed by atoms with Crippen molar-refractivity contribution in [2.75, 3.05) is 0 Å². The molecule has 4 nitrogen and oxygen atoms in total. The van der Waals surface area contributed by atoms with Gasteiger partial charge in [-0.1, -0.05) is 27.2 Å². The van der Waals surface area contributed by atoms with Gasteiger partial charge in [0, 0.05) is 0 Å². The van der Waals surface area contributed by atoms with E-state index in [1.165, 1.54) is 0 Å². The minimum atomic E-state index is -0.694. The topological polar surface area (TPSA) is 52.4 Å². The zero-order valence-electron chi connectivity index (χ0n) is 7.95. The Morgan fingerprint density at radius 1 is 1.50 bits per heavy atom. The highest BCUT2D eigenvalue weighted by Gasteiger charge is 2.17. The fourth-order valence-corrected chi connectivity index (χ4v) is 1.33. The summed E-state index contributed by atoms with van der Waals surface area (Å²) in [6.07, 6.45) is 2.48. The fraction of sp³-hybridized carbons (Fsp3) is 1.00. The lowest BCUT2D eigenvalue weighted by Gasteiger charge is -2.19. The molecule has 0 heterocycles. The van der Waals surface area contributed by atoms with E-state index in [0.29, 0.717) is 6.42 Å². The molecular formula is C8H17NO3. The molecule has 0 N–H and O–H groups in total. The summed E-state index contributed by atoms with van der Waals surface area (Å²) in [5.41, 5.74) is 0. The maximum atomic E-state index is 10.1. The summed E-state index contributed by atoms with van der Waals surface area (Å²) >= 11 is 0. The highest BCUT2D eigenvalue weighted by atomic mass is 17.0. The van der Waals surface area contributed by atoms with Crippen LogP contribution in [0.1, 0.15) is 40.0 Å². The third-order valence-corrected chi connectivity index (χ3v) is 2.00. The molecule has 0 spiro atoms. The fourth-order valence-electron chi connectivity index (χ4n) is 1.33. The summed E-state index contributed by atoms with van der Waals surface area (Å²) in [4.78, 5) is 14.6. The van der Waals surface area contributed by atoms with Gasteiger partial charge in [-0.2, -0.15) is 0 Å². The molecule has 0 saturated carbocycles. The zero-order chi connectivity index (χ0) is 9.56. The molecule has 12 heavy (non-hydrogen) atoms. The molecule has 0 unspecified atom stereocenters. The average molecular weight is 175 g/mol. The van der Waals surface area contributed by atoms with E-state index in [-0.39, 0.29) is 12.0 Å². The molecule has 0 bridgehead atoms. The van der Waals surface area contributed by atoms with E-state index in [4.69, 9.17) is 0 Å². The Balaban J connectivity index is 3.86. The molecule has 0 fully saturated rings. The molecular weight excluding hydrogens is 158 g/mol. The lowest BCUT2D eigenvalue weighted by atomic mass is 9.98. The van der Waals surface area contributed by atoms with E-state index in [2.05, 4.69) is 11.8 Å². The van der Waals surface area contributed by atoms with Gasteiger partial charge in [-0.3, -0.25) is 0 Å². The minimum Gasteiger partial charge on any atom is -0.310 e. The summed E-state index contributed by atoms with van der Waals surface area (Å²) in [6.45, 7) is 5.96. The Hall–Kier alpha value is -0.800. The van der Waals surface area contributed by atoms with Gasteiger partial charge in [-0.25, -0.2) is 0 Å². The van der Waals surface area contributed by atoms with Crippen molar-refractivity contribution in [3.05, 3.63) is 10.1 Å². The van der Waals surface area contributed by atoms with E-state index < -0.39 is 5.09 Å². The van der Waals surface area contributed by atoms with Crippen LogP contribution in [0, 0.1) is 16.0 Å². The van der Waals surface area contributed by atoms with Gasteiger partial charge in [-0.05, 0) is 18.8 Å². The second-order valence-corrected chi connectivity index (χ2v) is 3.04. The van der Waals surface area contributed by atoms with Gasteiger partial charge in [0.2, 0.25) is 0 Å². The van der Waals surface area contributed by atoms with E-state index in [1.54, 1.807) is 0 Å². The van der Waals surface area contributed by atoms with Crippen LogP contribution in [0.2, 0.25) is 0 Å². The maximum Gasteiger partial charge on any atom is 0.294 e. The standard InChI is InChI=1S/C8H17NO3/c1-4-6-7(3)8(5-2)12-9(10)11/h7-8H,4-6H2,1-3H3/t7-,8+/m0/s1. The molecule has 0 aromatic heterocycles. The minimum absolute atomic E-state index is 0.236. The van der Waals surface area contributed by atoms with Crippen molar-refractivity contribution in [2.24, 2.45) is 5.92 Å². The molecule has 72 valence electrons. The lowest BCUT2D eigenvalue weighted by molar-refractivity contribution is -0.770. The molecule has 0 radical (unpaired) electrons. The van der Waals surface area contributed by atoms with Crippen molar-refractivity contribution in [3.63, 3.8) is 0 Å². The Bertz CT molecular complexity index is 138. The first-order chi connectivity index (χ1) is 5.61. The molecule has 0 rings (SSSR count). The van der Waals surface area contributed by atoms with Crippen LogP contribution in [0.4, 0.5) is 0 Å². The second kappa shape index (κ2) is 5.80. The molecule has 0 saturated heterocycles. The van der Waals surface area contributed by atoms with Gasteiger partial charge in [0.1, 0.15) is 6.10 Å². The van der Waals surface area contributed by atoms with E-state index in [0.717, 1.165) is 12.8 Å². The van der Waals surface area contributed by atoms with Gasteiger partial charge in [0.25, 0.3) is 5.09 Å². The van der Waals surface area contributed by atoms with Crippen molar-refractivity contribution in [2.45, 2.75) is 46.1 Å². The van der Waals surface area contributed by atoms with Gasteiger partial charge in [-0.15, -0.1) is 10.1 Å². The number of rotatable bonds is 6. The molecule has 0 aliphatic carbocycles. The molecule has 2 atom stereocenters. The van der Waals surface area contributed by atoms with Crippen molar-refractivity contribution in [3.8, 4) is 0 Å². The Morgan fingerprint density at radius 2 is 2.08 bits per heavy atom. The highest BCUT2D eigenvalue weighted by molar-refractivity contribution is 4.62. The average Bonchev–Trinajstić information content (AvgIpc) is 2.00. The molecule has 4 heteroatoms. The van der Waals surface area contributed by atoms with Crippen LogP contribution < -0.4 is 0 Å². The summed E-state index contributed by atoms with van der Waals surface area (Å²) in [7, 11) is 0. The Morgan fingerprint density at radius 3 is 2.42 bits per heavy atom. The van der Waals surface area contributed by atoms with Gasteiger partial charge in [0.15, 0.2) is 0 Å². The van der Waals surface area contributed by atoms with Crippen LogP contribution in [-0.4, -0.2) is 11.2 Å². The van der Waals surface area contributed by atoms with Crippen molar-refractivity contribution in [1.29, 1.82) is 0 Å². The van der Waals surface area contributed by atoms with Crippen molar-refractivity contribution in [1.82, 2.24) is 0 Å². The monoisotopic (exact) mass is 175 g/mol. The first-order valence-electron chi connectivity index (χ1n) is 4.42. The zero-order valence-corrected chi connectivity index (χ0v) is 7.95. The second-order valence-electron chi connectivity index (χ2n) is 3.04. The number of nitrogens with zero attached hydrogens (tertiary/aromatic N) is 1. The Kier molecular flexibility index (Phi) is 5.41. The van der Waals surface area contributed by atoms with Crippen LogP contribution in [0.25, 0.3) is 0 Å². The van der Waals surface area contributed by atoms with Crippen LogP contribution in [0.5, 0.6) is 0 Å². The lowest BCUT2D eigenvalue weighted by Crippen LogP contribution is -2.23. The van der Waals surface area contributed by atoms with E-state index >= 15 is 0 Å². The Labute approximate surface area is 73.0 Å². The van der Waals surface area contributed by atoms with Crippen LogP contribution >= 0.6 is 0 Å². The third-order valence-electron chi connectivity index (χ3n) is 2.00. The number of hydrogen-bond acceptors (Lipinski definition) is 3. The smallest absolute Gasteiger partial charge is 0.294 e. The maximum absolute atomic E-state index is 10.1. The highest BCUT2D eigenvalue weighted by Crippen LogP contribution is 2.16. The summed E-state index contributed by atoms with van der Waals surface area (Å²) < 4.78 is 0. The summed E-state index contributed by atoms with van der Waals surface area (Å²) in [5.74, 6) is 0.269. The molecule has 0 aromatic rings. The van der Waals surface area contributed by atoms with Crippen LogP contribution in [0.15, 0.2) is 0 Å². The van der Waals surface area contributed by atoms with Crippen LogP contribution in [0.3, 0.4) is 0 Å².